The standard InChI is InChI=1S/C12H18N6/c1-3-15-12-17-16-11(18(12)4-2)8-5-9(13)7-10(14)6-8/h5-7H,3-4,13-14H2,1-2H3,(H,15,17). The number of hydrogen-bond donors (Lipinski definition) is 3. The largest absolute Gasteiger partial charge is 0.399 e. The second-order valence-electron chi connectivity index (χ2n) is 4.01. The number of rotatable bonds is 4. The summed E-state index contributed by atoms with van der Waals surface area (Å²) in [5, 5.41) is 11.5. The van der Waals surface area contributed by atoms with Crippen molar-refractivity contribution in [3.8, 4) is 11.4 Å². The van der Waals surface area contributed by atoms with Crippen LogP contribution in [0.5, 0.6) is 0 Å². The average molecular weight is 246 g/mol. The van der Waals surface area contributed by atoms with E-state index in [1.807, 2.05) is 30.5 Å². The lowest BCUT2D eigenvalue weighted by Gasteiger charge is -2.09. The average Bonchev–Trinajstić information content (AvgIpc) is 2.71. The molecule has 1 heterocycles. The van der Waals surface area contributed by atoms with Gasteiger partial charge in [-0.15, -0.1) is 10.2 Å². The quantitative estimate of drug-likeness (QED) is 0.712. The summed E-state index contributed by atoms with van der Waals surface area (Å²) < 4.78 is 2.00. The van der Waals surface area contributed by atoms with E-state index in [0.29, 0.717) is 11.4 Å². The molecule has 2 rings (SSSR count). The summed E-state index contributed by atoms with van der Waals surface area (Å²) >= 11 is 0. The number of nitrogen functional groups attached to an aromatic ring is 2. The molecule has 0 aliphatic carbocycles. The lowest BCUT2D eigenvalue weighted by atomic mass is 10.1. The molecular weight excluding hydrogens is 228 g/mol. The number of nitrogens with two attached hydrogens (primary N) is 2. The maximum absolute atomic E-state index is 5.80. The first-order valence-corrected chi connectivity index (χ1v) is 5.99. The Kier molecular flexibility index (Phi) is 3.36. The summed E-state index contributed by atoms with van der Waals surface area (Å²) in [5.74, 6) is 1.53. The van der Waals surface area contributed by atoms with E-state index in [9.17, 15) is 0 Å². The Labute approximate surface area is 106 Å². The first kappa shape index (κ1) is 12.2. The minimum Gasteiger partial charge on any atom is -0.399 e. The van der Waals surface area contributed by atoms with E-state index in [2.05, 4.69) is 15.5 Å². The summed E-state index contributed by atoms with van der Waals surface area (Å²) in [6.07, 6.45) is 0. The van der Waals surface area contributed by atoms with Crippen LogP contribution in [-0.4, -0.2) is 21.3 Å². The van der Waals surface area contributed by atoms with Crippen LogP contribution >= 0.6 is 0 Å². The minimum absolute atomic E-state index is 0.626. The molecule has 0 saturated carbocycles. The topological polar surface area (TPSA) is 94.8 Å². The van der Waals surface area contributed by atoms with Gasteiger partial charge in [-0.1, -0.05) is 0 Å². The Hall–Kier alpha value is -2.24. The van der Waals surface area contributed by atoms with E-state index in [-0.39, 0.29) is 0 Å². The van der Waals surface area contributed by atoms with Crippen LogP contribution in [0.1, 0.15) is 13.8 Å². The number of aromatic nitrogens is 3. The van der Waals surface area contributed by atoms with Crippen LogP contribution in [0.4, 0.5) is 17.3 Å². The molecule has 0 aliphatic heterocycles. The van der Waals surface area contributed by atoms with Gasteiger partial charge in [0.1, 0.15) is 0 Å². The molecular formula is C12H18N6. The van der Waals surface area contributed by atoms with Gasteiger partial charge in [0.2, 0.25) is 5.95 Å². The number of nitrogens with one attached hydrogen (secondary N) is 1. The molecule has 0 atom stereocenters. The van der Waals surface area contributed by atoms with Crippen molar-refractivity contribution >= 4 is 17.3 Å². The second kappa shape index (κ2) is 4.95. The predicted molar refractivity (Wildman–Crippen MR) is 74.1 cm³/mol. The van der Waals surface area contributed by atoms with Gasteiger partial charge in [0.15, 0.2) is 5.82 Å². The van der Waals surface area contributed by atoms with Gasteiger partial charge in [0.05, 0.1) is 0 Å². The van der Waals surface area contributed by atoms with Crippen molar-refractivity contribution < 1.29 is 0 Å². The molecule has 0 spiro atoms. The molecule has 6 heteroatoms. The molecule has 0 saturated heterocycles. The Morgan fingerprint density at radius 3 is 2.33 bits per heavy atom. The Morgan fingerprint density at radius 1 is 1.11 bits per heavy atom. The highest BCUT2D eigenvalue weighted by Crippen LogP contribution is 2.25. The predicted octanol–water partition coefficient (Wildman–Crippen LogP) is 1.56. The van der Waals surface area contributed by atoms with E-state index in [0.717, 1.165) is 30.4 Å². The van der Waals surface area contributed by atoms with Crippen LogP contribution in [0.2, 0.25) is 0 Å². The van der Waals surface area contributed by atoms with Crippen molar-refractivity contribution in [2.45, 2.75) is 20.4 Å². The third-order valence-electron chi connectivity index (χ3n) is 2.64. The molecule has 96 valence electrons. The number of benzene rings is 1. The van der Waals surface area contributed by atoms with Gasteiger partial charge in [0.25, 0.3) is 0 Å². The molecule has 2 aromatic rings. The Morgan fingerprint density at radius 2 is 1.78 bits per heavy atom. The molecule has 0 fully saturated rings. The molecule has 18 heavy (non-hydrogen) atoms. The van der Waals surface area contributed by atoms with Crippen molar-refractivity contribution in [1.82, 2.24) is 14.8 Å². The number of nitrogens with zero attached hydrogens (tertiary/aromatic N) is 3. The molecule has 5 N–H and O–H groups in total. The maximum atomic E-state index is 5.80. The minimum atomic E-state index is 0.626. The van der Waals surface area contributed by atoms with Crippen molar-refractivity contribution in [1.29, 1.82) is 0 Å². The highest BCUT2D eigenvalue weighted by atomic mass is 15.3. The monoisotopic (exact) mass is 246 g/mol. The molecule has 0 bridgehead atoms. The zero-order valence-corrected chi connectivity index (χ0v) is 10.6. The smallest absolute Gasteiger partial charge is 0.224 e. The van der Waals surface area contributed by atoms with Crippen molar-refractivity contribution in [2.24, 2.45) is 0 Å². The van der Waals surface area contributed by atoms with Crippen LogP contribution in [0, 0.1) is 0 Å². The normalized spacial score (nSPS) is 10.6. The van der Waals surface area contributed by atoms with Crippen LogP contribution in [0.15, 0.2) is 18.2 Å². The highest BCUT2D eigenvalue weighted by Gasteiger charge is 2.12. The zero-order valence-electron chi connectivity index (χ0n) is 10.6. The first-order chi connectivity index (χ1) is 8.65. The highest BCUT2D eigenvalue weighted by molar-refractivity contribution is 5.68. The van der Waals surface area contributed by atoms with Gasteiger partial charge in [0, 0.05) is 30.0 Å². The summed E-state index contributed by atoms with van der Waals surface area (Å²) in [5.41, 5.74) is 13.7. The zero-order chi connectivity index (χ0) is 13.1. The summed E-state index contributed by atoms with van der Waals surface area (Å²) in [7, 11) is 0. The van der Waals surface area contributed by atoms with Gasteiger partial charge >= 0.3 is 0 Å². The van der Waals surface area contributed by atoms with Gasteiger partial charge < -0.3 is 16.8 Å². The Balaban J connectivity index is 2.49. The molecule has 0 aliphatic rings. The van der Waals surface area contributed by atoms with E-state index in [1.165, 1.54) is 0 Å². The fourth-order valence-corrected chi connectivity index (χ4v) is 1.91. The molecule has 1 aromatic heterocycles. The first-order valence-electron chi connectivity index (χ1n) is 5.99. The molecule has 0 radical (unpaired) electrons. The maximum Gasteiger partial charge on any atom is 0.224 e. The fraction of sp³-hybridized carbons (Fsp3) is 0.333. The van der Waals surface area contributed by atoms with Crippen molar-refractivity contribution in [3.63, 3.8) is 0 Å². The van der Waals surface area contributed by atoms with E-state index < -0.39 is 0 Å². The van der Waals surface area contributed by atoms with Crippen LogP contribution < -0.4 is 16.8 Å². The number of anilines is 3. The third-order valence-corrected chi connectivity index (χ3v) is 2.64. The van der Waals surface area contributed by atoms with Crippen molar-refractivity contribution in [3.05, 3.63) is 18.2 Å². The summed E-state index contributed by atoms with van der Waals surface area (Å²) in [6.45, 7) is 5.65. The van der Waals surface area contributed by atoms with Crippen molar-refractivity contribution in [2.75, 3.05) is 23.3 Å². The Bertz CT molecular complexity index is 525. The lowest BCUT2D eigenvalue weighted by Crippen LogP contribution is -2.07. The van der Waals surface area contributed by atoms with Crippen LogP contribution in [-0.2, 0) is 6.54 Å². The van der Waals surface area contributed by atoms with Gasteiger partial charge in [-0.2, -0.15) is 0 Å². The molecule has 6 nitrogen and oxygen atoms in total. The third kappa shape index (κ3) is 2.22. The second-order valence-corrected chi connectivity index (χ2v) is 4.01. The molecule has 1 aromatic carbocycles. The van der Waals surface area contributed by atoms with Crippen LogP contribution in [0.3, 0.4) is 0 Å². The number of hydrogen-bond acceptors (Lipinski definition) is 5. The fourth-order valence-electron chi connectivity index (χ4n) is 1.91. The van der Waals surface area contributed by atoms with Gasteiger partial charge in [-0.3, -0.25) is 4.57 Å². The van der Waals surface area contributed by atoms with Gasteiger partial charge in [-0.05, 0) is 32.0 Å². The molecule has 0 amide bonds. The SMILES string of the molecule is CCNc1nnc(-c2cc(N)cc(N)c2)n1CC. The molecule has 0 unspecified atom stereocenters. The van der Waals surface area contributed by atoms with E-state index in [1.54, 1.807) is 6.07 Å². The van der Waals surface area contributed by atoms with E-state index in [4.69, 9.17) is 11.5 Å². The van der Waals surface area contributed by atoms with Crippen LogP contribution in [0.25, 0.3) is 11.4 Å². The van der Waals surface area contributed by atoms with E-state index >= 15 is 0 Å². The summed E-state index contributed by atoms with van der Waals surface area (Å²) in [4.78, 5) is 0. The lowest BCUT2D eigenvalue weighted by molar-refractivity contribution is 0.770. The summed E-state index contributed by atoms with van der Waals surface area (Å²) in [6, 6.07) is 5.42. The van der Waals surface area contributed by atoms with Gasteiger partial charge in [-0.25, -0.2) is 0 Å².